The van der Waals surface area contributed by atoms with Crippen molar-refractivity contribution in [1.29, 1.82) is 0 Å². The molecular weight excluding hydrogens is 339 g/mol. The third-order valence-corrected chi connectivity index (χ3v) is 5.54. The molecular formula is C13H12Cl2O3S2. The van der Waals surface area contributed by atoms with Crippen LogP contribution in [0.25, 0.3) is 0 Å². The van der Waals surface area contributed by atoms with Crippen LogP contribution in [0.15, 0.2) is 35.2 Å². The lowest BCUT2D eigenvalue weighted by Crippen LogP contribution is -2.09. The summed E-state index contributed by atoms with van der Waals surface area (Å²) in [6, 6.07) is 8.23. The van der Waals surface area contributed by atoms with Crippen molar-refractivity contribution in [3.8, 4) is 0 Å². The zero-order valence-electron chi connectivity index (χ0n) is 10.6. The molecule has 2 rings (SSSR count). The monoisotopic (exact) mass is 350 g/mol. The van der Waals surface area contributed by atoms with Crippen molar-refractivity contribution in [3.63, 3.8) is 0 Å². The zero-order chi connectivity index (χ0) is 14.8. The fourth-order valence-corrected chi connectivity index (χ4v) is 4.03. The fraction of sp³-hybridized carbons (Fsp3) is 0.231. The van der Waals surface area contributed by atoms with E-state index in [1.165, 1.54) is 23.5 Å². The van der Waals surface area contributed by atoms with Crippen molar-refractivity contribution >= 4 is 44.7 Å². The van der Waals surface area contributed by atoms with E-state index in [-0.39, 0.29) is 11.5 Å². The number of aryl methyl sites for hydroxylation is 1. The molecule has 0 saturated heterocycles. The van der Waals surface area contributed by atoms with Crippen LogP contribution in [-0.2, 0) is 20.7 Å². The van der Waals surface area contributed by atoms with Crippen molar-refractivity contribution in [1.82, 2.24) is 0 Å². The molecule has 0 aliphatic carbocycles. The smallest absolute Gasteiger partial charge is 0.266 e. The van der Waals surface area contributed by atoms with Gasteiger partial charge in [0.25, 0.3) is 10.1 Å². The molecule has 1 aromatic carbocycles. The van der Waals surface area contributed by atoms with Gasteiger partial charge in [-0.2, -0.15) is 8.42 Å². The summed E-state index contributed by atoms with van der Waals surface area (Å²) < 4.78 is 30.0. The maximum absolute atomic E-state index is 11.9. The first-order valence-electron chi connectivity index (χ1n) is 5.78. The minimum Gasteiger partial charge on any atom is -0.266 e. The van der Waals surface area contributed by atoms with E-state index in [1.54, 1.807) is 18.2 Å². The summed E-state index contributed by atoms with van der Waals surface area (Å²) in [7, 11) is -3.73. The van der Waals surface area contributed by atoms with Gasteiger partial charge in [0.15, 0.2) is 0 Å². The van der Waals surface area contributed by atoms with Crippen LogP contribution in [0.1, 0.15) is 11.1 Å². The molecule has 0 N–H and O–H groups in total. The second-order valence-corrected chi connectivity index (χ2v) is 8.09. The summed E-state index contributed by atoms with van der Waals surface area (Å²) in [4.78, 5) is 0.151. The number of halogens is 2. The van der Waals surface area contributed by atoms with Crippen LogP contribution < -0.4 is 0 Å². The summed E-state index contributed by atoms with van der Waals surface area (Å²) in [5, 5.41) is 0. The van der Waals surface area contributed by atoms with E-state index in [4.69, 9.17) is 27.4 Å². The van der Waals surface area contributed by atoms with Gasteiger partial charge in [0.05, 0.1) is 20.2 Å². The highest BCUT2D eigenvalue weighted by molar-refractivity contribution is 7.86. The van der Waals surface area contributed by atoms with Gasteiger partial charge in [0.2, 0.25) is 0 Å². The van der Waals surface area contributed by atoms with Crippen LogP contribution in [-0.4, -0.2) is 15.0 Å². The minimum atomic E-state index is -3.73. The number of thiophene rings is 1. The maximum Gasteiger partial charge on any atom is 0.296 e. The molecule has 3 nitrogen and oxygen atoms in total. The SMILES string of the molecule is Cc1ccc(S(=O)(=O)OCCc2cc(Cl)sc2Cl)cc1. The quantitative estimate of drug-likeness (QED) is 0.754. The fourth-order valence-electron chi connectivity index (χ4n) is 1.58. The molecule has 2 aromatic rings. The van der Waals surface area contributed by atoms with Crippen LogP contribution in [0.4, 0.5) is 0 Å². The largest absolute Gasteiger partial charge is 0.296 e. The predicted octanol–water partition coefficient (Wildman–Crippen LogP) is 4.31. The lowest BCUT2D eigenvalue weighted by molar-refractivity contribution is 0.322. The van der Waals surface area contributed by atoms with E-state index in [1.807, 2.05) is 6.92 Å². The van der Waals surface area contributed by atoms with Gasteiger partial charge >= 0.3 is 0 Å². The third kappa shape index (κ3) is 3.96. The first-order valence-corrected chi connectivity index (χ1v) is 8.76. The first kappa shape index (κ1) is 15.8. The topological polar surface area (TPSA) is 43.4 Å². The molecule has 0 spiro atoms. The summed E-state index contributed by atoms with van der Waals surface area (Å²) >= 11 is 13.0. The molecule has 0 atom stereocenters. The van der Waals surface area contributed by atoms with E-state index in [9.17, 15) is 8.42 Å². The van der Waals surface area contributed by atoms with E-state index < -0.39 is 10.1 Å². The predicted molar refractivity (Wildman–Crippen MR) is 82.4 cm³/mol. The van der Waals surface area contributed by atoms with Crippen LogP contribution in [0.5, 0.6) is 0 Å². The molecule has 7 heteroatoms. The van der Waals surface area contributed by atoms with Crippen molar-refractivity contribution < 1.29 is 12.6 Å². The Labute approximate surface area is 132 Å². The van der Waals surface area contributed by atoms with Crippen LogP contribution in [0, 0.1) is 6.92 Å². The average Bonchev–Trinajstić information content (AvgIpc) is 2.68. The summed E-state index contributed by atoms with van der Waals surface area (Å²) in [5.74, 6) is 0. The molecule has 0 aliphatic heterocycles. The Morgan fingerprint density at radius 2 is 1.85 bits per heavy atom. The Morgan fingerprint density at radius 1 is 1.20 bits per heavy atom. The van der Waals surface area contributed by atoms with Gasteiger partial charge in [-0.25, -0.2) is 0 Å². The molecule has 1 heterocycles. The molecule has 0 saturated carbocycles. The lowest BCUT2D eigenvalue weighted by atomic mass is 10.2. The average molecular weight is 351 g/mol. The van der Waals surface area contributed by atoms with Crippen LogP contribution in [0.3, 0.4) is 0 Å². The number of hydrogen-bond donors (Lipinski definition) is 0. The van der Waals surface area contributed by atoms with E-state index in [2.05, 4.69) is 0 Å². The Kier molecular flexibility index (Phi) is 5.09. The zero-order valence-corrected chi connectivity index (χ0v) is 13.7. The summed E-state index contributed by atoms with van der Waals surface area (Å²) in [6.07, 6.45) is 0.396. The number of hydrogen-bond acceptors (Lipinski definition) is 4. The van der Waals surface area contributed by atoms with Gasteiger partial charge in [0.1, 0.15) is 0 Å². The van der Waals surface area contributed by atoms with Gasteiger partial charge in [0, 0.05) is 0 Å². The Hall–Kier alpha value is -0.590. The lowest BCUT2D eigenvalue weighted by Gasteiger charge is -2.05. The molecule has 0 bridgehead atoms. The highest BCUT2D eigenvalue weighted by Crippen LogP contribution is 2.31. The van der Waals surface area contributed by atoms with Gasteiger partial charge < -0.3 is 0 Å². The first-order chi connectivity index (χ1) is 9.38. The molecule has 0 unspecified atom stereocenters. The molecule has 0 fully saturated rings. The number of rotatable bonds is 5. The Balaban J connectivity index is 1.99. The van der Waals surface area contributed by atoms with Crippen molar-refractivity contribution in [2.24, 2.45) is 0 Å². The number of benzene rings is 1. The highest BCUT2D eigenvalue weighted by Gasteiger charge is 2.15. The Bertz CT molecular complexity index is 691. The van der Waals surface area contributed by atoms with Gasteiger partial charge in [-0.05, 0) is 37.1 Å². The van der Waals surface area contributed by atoms with Crippen molar-refractivity contribution in [2.45, 2.75) is 18.2 Å². The minimum absolute atomic E-state index is 0.0307. The summed E-state index contributed by atoms with van der Waals surface area (Å²) in [5.41, 5.74) is 1.78. The van der Waals surface area contributed by atoms with Gasteiger partial charge in [-0.3, -0.25) is 4.18 Å². The van der Waals surface area contributed by atoms with Gasteiger partial charge in [-0.15, -0.1) is 11.3 Å². The Morgan fingerprint density at radius 3 is 2.40 bits per heavy atom. The van der Waals surface area contributed by atoms with Crippen molar-refractivity contribution in [2.75, 3.05) is 6.61 Å². The second kappa shape index (κ2) is 6.45. The molecule has 0 radical (unpaired) electrons. The normalized spacial score (nSPS) is 11.8. The molecule has 20 heavy (non-hydrogen) atoms. The van der Waals surface area contributed by atoms with E-state index in [0.29, 0.717) is 15.1 Å². The standard InChI is InChI=1S/C13H12Cl2O3S2/c1-9-2-4-11(5-3-9)20(16,17)18-7-6-10-8-12(14)19-13(10)15/h2-5,8H,6-7H2,1H3. The highest BCUT2D eigenvalue weighted by atomic mass is 35.5. The molecule has 0 amide bonds. The van der Waals surface area contributed by atoms with E-state index >= 15 is 0 Å². The maximum atomic E-state index is 11.9. The molecule has 1 aromatic heterocycles. The summed E-state index contributed by atoms with van der Waals surface area (Å²) in [6.45, 7) is 1.92. The molecule has 0 aliphatic rings. The van der Waals surface area contributed by atoms with Crippen LogP contribution >= 0.6 is 34.5 Å². The van der Waals surface area contributed by atoms with Crippen molar-refractivity contribution in [3.05, 3.63) is 50.1 Å². The second-order valence-electron chi connectivity index (χ2n) is 4.19. The molecule has 108 valence electrons. The van der Waals surface area contributed by atoms with Crippen LogP contribution in [0.2, 0.25) is 8.67 Å². The van der Waals surface area contributed by atoms with Gasteiger partial charge in [-0.1, -0.05) is 40.9 Å². The third-order valence-electron chi connectivity index (χ3n) is 2.65. The van der Waals surface area contributed by atoms with E-state index in [0.717, 1.165) is 11.1 Å².